The van der Waals surface area contributed by atoms with Crippen LogP contribution in [0.4, 0.5) is 5.82 Å². The van der Waals surface area contributed by atoms with Gasteiger partial charge in [0.1, 0.15) is 5.82 Å². The van der Waals surface area contributed by atoms with Crippen LogP contribution in [0.2, 0.25) is 0 Å². The molecule has 0 aliphatic rings. The standard InChI is InChI=1S/C15H20N2OS/c1-11(2)17(10-13-6-5-9-19-13)15-14(12(3)18)7-4-8-16-15/h4-9,11-12,18H,10H2,1-3H3/t12-/m1/s1. The van der Waals surface area contributed by atoms with Gasteiger partial charge in [0, 0.05) is 22.7 Å². The summed E-state index contributed by atoms with van der Waals surface area (Å²) in [6.07, 6.45) is 1.28. The molecule has 3 nitrogen and oxygen atoms in total. The van der Waals surface area contributed by atoms with Gasteiger partial charge in [-0.25, -0.2) is 4.98 Å². The van der Waals surface area contributed by atoms with Gasteiger partial charge in [0.25, 0.3) is 0 Å². The van der Waals surface area contributed by atoms with Crippen LogP contribution in [0.15, 0.2) is 35.8 Å². The van der Waals surface area contributed by atoms with Crippen molar-refractivity contribution in [2.75, 3.05) is 4.90 Å². The van der Waals surface area contributed by atoms with Crippen molar-refractivity contribution >= 4 is 17.2 Å². The minimum Gasteiger partial charge on any atom is -0.389 e. The van der Waals surface area contributed by atoms with Crippen LogP contribution < -0.4 is 4.90 Å². The Kier molecular flexibility index (Phi) is 4.56. The Morgan fingerprint density at radius 3 is 2.63 bits per heavy atom. The molecule has 0 saturated carbocycles. The second kappa shape index (κ2) is 6.17. The number of hydrogen-bond donors (Lipinski definition) is 1. The first-order chi connectivity index (χ1) is 9.09. The lowest BCUT2D eigenvalue weighted by Crippen LogP contribution is -2.31. The van der Waals surface area contributed by atoms with E-state index in [2.05, 4.69) is 41.2 Å². The highest BCUT2D eigenvalue weighted by Crippen LogP contribution is 2.27. The number of anilines is 1. The molecule has 102 valence electrons. The van der Waals surface area contributed by atoms with Gasteiger partial charge in [-0.1, -0.05) is 12.1 Å². The topological polar surface area (TPSA) is 36.4 Å². The van der Waals surface area contributed by atoms with Crippen molar-refractivity contribution in [3.8, 4) is 0 Å². The quantitative estimate of drug-likeness (QED) is 0.906. The van der Waals surface area contributed by atoms with E-state index in [0.29, 0.717) is 6.04 Å². The van der Waals surface area contributed by atoms with E-state index in [-0.39, 0.29) is 0 Å². The van der Waals surface area contributed by atoms with E-state index in [1.54, 1.807) is 24.5 Å². The smallest absolute Gasteiger partial charge is 0.134 e. The van der Waals surface area contributed by atoms with Crippen molar-refractivity contribution in [2.24, 2.45) is 0 Å². The maximum absolute atomic E-state index is 9.90. The number of rotatable bonds is 5. The Bertz CT molecular complexity index is 509. The summed E-state index contributed by atoms with van der Waals surface area (Å²) in [5.74, 6) is 0.876. The molecule has 0 saturated heterocycles. The van der Waals surface area contributed by atoms with Crippen LogP contribution in [0, 0.1) is 0 Å². The Morgan fingerprint density at radius 2 is 2.05 bits per heavy atom. The van der Waals surface area contributed by atoms with Gasteiger partial charge in [-0.3, -0.25) is 0 Å². The van der Waals surface area contributed by atoms with Crippen LogP contribution >= 0.6 is 11.3 Å². The van der Waals surface area contributed by atoms with E-state index < -0.39 is 6.10 Å². The maximum Gasteiger partial charge on any atom is 0.134 e. The number of hydrogen-bond acceptors (Lipinski definition) is 4. The molecule has 0 spiro atoms. The van der Waals surface area contributed by atoms with Crippen LogP contribution in [0.1, 0.15) is 37.3 Å². The van der Waals surface area contributed by atoms with Gasteiger partial charge >= 0.3 is 0 Å². The molecule has 0 amide bonds. The molecule has 2 aromatic rings. The Morgan fingerprint density at radius 1 is 1.26 bits per heavy atom. The highest BCUT2D eigenvalue weighted by Gasteiger charge is 2.18. The molecule has 0 aliphatic carbocycles. The molecule has 0 radical (unpaired) electrons. The van der Waals surface area contributed by atoms with E-state index >= 15 is 0 Å². The molecular formula is C15H20N2OS. The second-order valence-corrected chi connectivity index (χ2v) is 5.93. The van der Waals surface area contributed by atoms with Gasteiger partial charge in [0.2, 0.25) is 0 Å². The molecule has 1 N–H and O–H groups in total. The molecule has 19 heavy (non-hydrogen) atoms. The first kappa shape index (κ1) is 14.0. The average molecular weight is 276 g/mol. The summed E-state index contributed by atoms with van der Waals surface area (Å²) in [6.45, 7) is 6.90. The lowest BCUT2D eigenvalue weighted by Gasteiger charge is -2.29. The zero-order chi connectivity index (χ0) is 13.8. The van der Waals surface area contributed by atoms with Crippen molar-refractivity contribution in [3.63, 3.8) is 0 Å². The van der Waals surface area contributed by atoms with E-state index in [4.69, 9.17) is 0 Å². The summed E-state index contributed by atoms with van der Waals surface area (Å²) in [5, 5.41) is 12.0. The van der Waals surface area contributed by atoms with Crippen LogP contribution in [-0.4, -0.2) is 16.1 Å². The largest absolute Gasteiger partial charge is 0.389 e. The second-order valence-electron chi connectivity index (χ2n) is 4.89. The van der Waals surface area contributed by atoms with Crippen LogP contribution in [0.5, 0.6) is 0 Å². The molecule has 2 heterocycles. The van der Waals surface area contributed by atoms with Gasteiger partial charge in [-0.05, 0) is 38.3 Å². The van der Waals surface area contributed by atoms with Crippen LogP contribution in [-0.2, 0) is 6.54 Å². The number of aromatic nitrogens is 1. The van der Waals surface area contributed by atoms with Crippen molar-refractivity contribution < 1.29 is 5.11 Å². The SMILES string of the molecule is CC(C)N(Cc1cccs1)c1ncccc1[C@@H](C)O. The van der Waals surface area contributed by atoms with Gasteiger partial charge in [-0.2, -0.15) is 0 Å². The van der Waals surface area contributed by atoms with Crippen molar-refractivity contribution in [3.05, 3.63) is 46.3 Å². The summed E-state index contributed by atoms with van der Waals surface area (Å²) in [5.41, 5.74) is 0.882. The number of nitrogens with zero attached hydrogens (tertiary/aromatic N) is 2. The summed E-state index contributed by atoms with van der Waals surface area (Å²) in [7, 11) is 0. The van der Waals surface area contributed by atoms with Crippen molar-refractivity contribution in [2.45, 2.75) is 39.5 Å². The van der Waals surface area contributed by atoms with E-state index in [1.807, 2.05) is 12.1 Å². The normalized spacial score (nSPS) is 12.7. The Hall–Kier alpha value is -1.39. The van der Waals surface area contributed by atoms with Crippen molar-refractivity contribution in [1.82, 2.24) is 4.98 Å². The summed E-state index contributed by atoms with van der Waals surface area (Å²) < 4.78 is 0. The molecule has 0 fully saturated rings. The first-order valence-corrected chi connectivity index (χ1v) is 7.39. The van der Waals surface area contributed by atoms with Crippen molar-refractivity contribution in [1.29, 1.82) is 0 Å². The van der Waals surface area contributed by atoms with Gasteiger partial charge in [-0.15, -0.1) is 11.3 Å². The summed E-state index contributed by atoms with van der Waals surface area (Å²) >= 11 is 1.75. The lowest BCUT2D eigenvalue weighted by atomic mass is 10.1. The third-order valence-corrected chi connectivity index (χ3v) is 3.93. The molecular weight excluding hydrogens is 256 g/mol. The fourth-order valence-corrected chi connectivity index (χ4v) is 2.75. The first-order valence-electron chi connectivity index (χ1n) is 6.51. The molecule has 1 atom stereocenters. The molecule has 0 bridgehead atoms. The minimum absolute atomic E-state index is 0.328. The Balaban J connectivity index is 2.34. The number of aliphatic hydroxyl groups is 1. The molecule has 2 aromatic heterocycles. The summed E-state index contributed by atoms with van der Waals surface area (Å²) in [6, 6.07) is 8.33. The fourth-order valence-electron chi connectivity index (χ4n) is 2.05. The molecule has 4 heteroatoms. The van der Waals surface area contributed by atoms with Gasteiger partial charge < -0.3 is 10.0 Å². The Labute approximate surface area is 118 Å². The third kappa shape index (κ3) is 3.33. The van der Waals surface area contributed by atoms with Gasteiger partial charge in [0.05, 0.1) is 12.6 Å². The predicted molar refractivity (Wildman–Crippen MR) is 80.5 cm³/mol. The van der Waals surface area contributed by atoms with E-state index in [1.165, 1.54) is 4.88 Å². The zero-order valence-corrected chi connectivity index (χ0v) is 12.4. The van der Waals surface area contributed by atoms with Gasteiger partial charge in [0.15, 0.2) is 0 Å². The highest BCUT2D eigenvalue weighted by molar-refractivity contribution is 7.09. The highest BCUT2D eigenvalue weighted by atomic mass is 32.1. The molecule has 0 aromatic carbocycles. The predicted octanol–water partition coefficient (Wildman–Crippen LogP) is 3.61. The zero-order valence-electron chi connectivity index (χ0n) is 11.6. The molecule has 0 aliphatic heterocycles. The maximum atomic E-state index is 9.90. The number of aliphatic hydroxyl groups excluding tert-OH is 1. The minimum atomic E-state index is -0.506. The van der Waals surface area contributed by atoms with E-state index in [9.17, 15) is 5.11 Å². The number of thiophene rings is 1. The third-order valence-electron chi connectivity index (χ3n) is 3.07. The van der Waals surface area contributed by atoms with Crippen LogP contribution in [0.25, 0.3) is 0 Å². The average Bonchev–Trinajstić information content (AvgIpc) is 2.88. The lowest BCUT2D eigenvalue weighted by molar-refractivity contribution is 0.199. The monoisotopic (exact) mass is 276 g/mol. The summed E-state index contributed by atoms with van der Waals surface area (Å²) in [4.78, 5) is 8.00. The van der Waals surface area contributed by atoms with E-state index in [0.717, 1.165) is 17.9 Å². The molecule has 2 rings (SSSR count). The number of pyridine rings is 1. The van der Waals surface area contributed by atoms with Crippen LogP contribution in [0.3, 0.4) is 0 Å². The molecule has 0 unspecified atom stereocenters. The fraction of sp³-hybridized carbons (Fsp3) is 0.400.